The maximum Gasteiger partial charge on any atom is 1.00 e. The number of furan rings is 1. The van der Waals surface area contributed by atoms with E-state index in [2.05, 4.69) is 13.1 Å². The number of rotatable bonds is 6. The molecule has 12 nitrogen and oxygen atoms in total. The minimum atomic E-state index is -1.30. The number of carbonyl (C=O) groups is 2. The molecule has 1 saturated heterocycles. The first-order chi connectivity index (χ1) is 13.4. The molecular weight excluding hydrogens is 509 g/mol. The van der Waals surface area contributed by atoms with Crippen LogP contribution in [0.4, 0.5) is 10.5 Å². The van der Waals surface area contributed by atoms with Crippen molar-refractivity contribution in [3.05, 3.63) is 52.3 Å². The number of imide groups is 1. The average Bonchev–Trinajstić information content (AvgIpc) is 3.27. The van der Waals surface area contributed by atoms with Gasteiger partial charge in [0, 0.05) is 17.7 Å². The second-order valence-corrected chi connectivity index (χ2v) is 7.64. The van der Waals surface area contributed by atoms with Crippen molar-refractivity contribution in [1.29, 1.82) is 0 Å². The van der Waals surface area contributed by atoms with Crippen molar-refractivity contribution in [3.63, 3.8) is 0 Å². The van der Waals surface area contributed by atoms with Crippen molar-refractivity contribution in [1.82, 2.24) is 10.3 Å². The molecule has 0 unspecified atom stereocenters. The molecule has 1 aliphatic rings. The molecule has 3 rings (SSSR count). The van der Waals surface area contributed by atoms with Crippen molar-refractivity contribution >= 4 is 55.9 Å². The fraction of sp³-hybridized carbons (Fsp3) is 0.0714. The van der Waals surface area contributed by atoms with Crippen LogP contribution >= 0.6 is 0 Å². The van der Waals surface area contributed by atoms with Crippen molar-refractivity contribution in [3.8, 4) is 11.3 Å². The van der Waals surface area contributed by atoms with E-state index >= 15 is 0 Å². The van der Waals surface area contributed by atoms with Crippen LogP contribution in [0.5, 0.6) is 0 Å². The molecule has 0 atom stereocenters. The Morgan fingerprint density at radius 2 is 1.86 bits per heavy atom. The van der Waals surface area contributed by atoms with Crippen molar-refractivity contribution in [2.75, 3.05) is 6.54 Å². The molecule has 0 radical (unpaired) electrons. The molecule has 0 saturated carbocycles. The molecule has 0 aliphatic carbocycles. The number of carbonyl (C=O) groups excluding carboxylic acids is 2. The third-order valence-electron chi connectivity index (χ3n) is 3.15. The van der Waals surface area contributed by atoms with E-state index in [1.165, 1.54) is 18.3 Å². The number of urea groups is 1. The smallest absolute Gasteiger partial charge is 1.00 e. The van der Waals surface area contributed by atoms with Gasteiger partial charge in [0.1, 0.15) is 18.1 Å². The SMILES string of the molecule is O=C1CN(N=Cc2ccc(-c3ccc([N+](=O)[O-])cc3)o2)C(=O)N1.O=[As]O[As]=O.[H-].[Li+]. The number of nitrogens with zero attached hydrogens (tertiary/aromatic N) is 3. The van der Waals surface area contributed by atoms with E-state index < -0.39 is 48.9 Å². The summed E-state index contributed by atoms with van der Waals surface area (Å²) in [6.45, 7) is -0.134. The maximum atomic E-state index is 11.3. The number of hydrazone groups is 1. The van der Waals surface area contributed by atoms with Crippen LogP contribution in [0.15, 0.2) is 45.9 Å². The zero-order chi connectivity index (χ0) is 20.5. The summed E-state index contributed by atoms with van der Waals surface area (Å²) in [6.07, 6.45) is 1.31. The first kappa shape index (κ1) is 24.8. The zero-order valence-corrected chi connectivity index (χ0v) is 18.5. The first-order valence-electron chi connectivity index (χ1n) is 7.26. The Morgan fingerprint density at radius 3 is 2.34 bits per heavy atom. The average molecular weight is 520 g/mol. The third-order valence-corrected chi connectivity index (χ3v) is 4.89. The Morgan fingerprint density at radius 1 is 1.21 bits per heavy atom. The van der Waals surface area contributed by atoms with E-state index in [1.54, 1.807) is 24.3 Å². The van der Waals surface area contributed by atoms with Gasteiger partial charge >= 0.3 is 67.2 Å². The number of benzene rings is 1. The Hall–Kier alpha value is -2.22. The van der Waals surface area contributed by atoms with Crippen LogP contribution in [0, 0.1) is 10.1 Å². The van der Waals surface area contributed by atoms with Crippen LogP contribution in [-0.4, -0.2) is 66.7 Å². The molecular formula is C14H11As2LiN4O8. The van der Waals surface area contributed by atoms with Crippen LogP contribution in [0.25, 0.3) is 11.3 Å². The number of non-ortho nitro benzene ring substituents is 1. The topological polar surface area (TPSA) is 161 Å². The molecule has 29 heavy (non-hydrogen) atoms. The van der Waals surface area contributed by atoms with Crippen molar-refractivity contribution in [2.24, 2.45) is 5.10 Å². The number of nitrogens with one attached hydrogen (secondary N) is 1. The van der Waals surface area contributed by atoms with Crippen LogP contribution in [0.3, 0.4) is 0 Å². The summed E-state index contributed by atoms with van der Waals surface area (Å²) >= 11 is -2.61. The number of hydrogen-bond donors (Lipinski definition) is 1. The molecule has 1 fully saturated rings. The Kier molecular flexibility index (Phi) is 10.6. The van der Waals surface area contributed by atoms with Crippen LogP contribution in [0.1, 0.15) is 7.19 Å². The van der Waals surface area contributed by atoms with Gasteiger partial charge in [-0.3, -0.25) is 20.2 Å². The molecule has 1 aliphatic heterocycles. The molecule has 2 heterocycles. The molecule has 146 valence electrons. The van der Waals surface area contributed by atoms with Gasteiger partial charge in [0.15, 0.2) is 0 Å². The normalized spacial score (nSPS) is 13.2. The fourth-order valence-electron chi connectivity index (χ4n) is 1.99. The summed E-state index contributed by atoms with van der Waals surface area (Å²) in [7, 11) is 0. The second-order valence-electron chi connectivity index (χ2n) is 4.89. The minimum Gasteiger partial charge on any atom is -1.00 e. The van der Waals surface area contributed by atoms with E-state index in [9.17, 15) is 27.2 Å². The minimum absolute atomic E-state index is 0. The van der Waals surface area contributed by atoms with Crippen LogP contribution in [0.2, 0.25) is 0 Å². The quantitative estimate of drug-likeness (QED) is 0.148. The van der Waals surface area contributed by atoms with Gasteiger partial charge in [-0.05, 0) is 24.3 Å². The summed E-state index contributed by atoms with van der Waals surface area (Å²) in [5, 5.41) is 17.6. The molecule has 1 N–H and O–H groups in total. The summed E-state index contributed by atoms with van der Waals surface area (Å²) < 4.78 is 27.9. The predicted molar refractivity (Wildman–Crippen MR) is 93.7 cm³/mol. The first-order valence-corrected chi connectivity index (χ1v) is 10.3. The number of nitro groups is 1. The summed E-state index contributed by atoms with van der Waals surface area (Å²) in [5.41, 5.74) is 0.663. The fourth-order valence-corrected chi connectivity index (χ4v) is 2.34. The molecule has 15 heteroatoms. The van der Waals surface area contributed by atoms with Gasteiger partial charge in [-0.25, -0.2) is 9.80 Å². The monoisotopic (exact) mass is 520 g/mol. The number of nitro benzene ring substituents is 1. The summed E-state index contributed by atoms with van der Waals surface area (Å²) in [5.74, 6) is 0.465. The standard InChI is InChI=1S/C14H10N4O5.As2O3.Li.H/c19-13-8-17(14(20)16-13)15-7-11-5-6-12(23-11)9-1-3-10(4-2-9)18(21)22;3-1-5-2-4;;/h1-7H,8H2,(H,16,19,20);;;/q;;+1;-1. The molecule has 0 bridgehead atoms. The molecule has 1 aromatic carbocycles. The molecule has 0 spiro atoms. The Balaban J connectivity index is 0.00000108. The van der Waals surface area contributed by atoms with Gasteiger partial charge in [-0.1, -0.05) is 0 Å². The van der Waals surface area contributed by atoms with Gasteiger partial charge in [-0.15, -0.1) is 0 Å². The maximum absolute atomic E-state index is 11.3. The van der Waals surface area contributed by atoms with Gasteiger partial charge < -0.3 is 5.84 Å². The van der Waals surface area contributed by atoms with E-state index in [-0.39, 0.29) is 32.5 Å². The molecule has 3 amide bonds. The van der Waals surface area contributed by atoms with Gasteiger partial charge in [0.05, 0.1) is 11.1 Å². The second kappa shape index (κ2) is 12.4. The van der Waals surface area contributed by atoms with Crippen molar-refractivity contribution in [2.45, 2.75) is 0 Å². The van der Waals surface area contributed by atoms with E-state index in [0.717, 1.165) is 5.01 Å². The van der Waals surface area contributed by atoms with E-state index in [1.807, 2.05) is 0 Å². The van der Waals surface area contributed by atoms with Crippen LogP contribution < -0.4 is 24.2 Å². The van der Waals surface area contributed by atoms with Crippen LogP contribution in [-0.2, 0) is 15.0 Å². The Labute approximate surface area is 190 Å². The van der Waals surface area contributed by atoms with Gasteiger partial charge in [-0.2, -0.15) is 5.10 Å². The van der Waals surface area contributed by atoms with Gasteiger partial charge in [0.25, 0.3) is 5.69 Å². The van der Waals surface area contributed by atoms with Gasteiger partial charge in [0.2, 0.25) is 5.91 Å². The van der Waals surface area contributed by atoms with E-state index in [0.29, 0.717) is 17.1 Å². The predicted octanol–water partition coefficient (Wildman–Crippen LogP) is -2.21. The third kappa shape index (κ3) is 7.61. The van der Waals surface area contributed by atoms with Crippen molar-refractivity contribution < 1.29 is 49.4 Å². The zero-order valence-electron chi connectivity index (χ0n) is 15.8. The summed E-state index contributed by atoms with van der Waals surface area (Å²) in [6, 6.07) is 8.63. The molecule has 2 aromatic rings. The number of hydrogen-bond acceptors (Lipinski definition) is 9. The molecule has 1 aromatic heterocycles. The largest absolute Gasteiger partial charge is 1.00 e. The Bertz CT molecular complexity index is 934. The van der Waals surface area contributed by atoms with E-state index in [4.69, 9.17) is 4.42 Å². The number of amides is 3. The summed E-state index contributed by atoms with van der Waals surface area (Å²) in [4.78, 5) is 32.5.